The van der Waals surface area contributed by atoms with E-state index in [1.165, 1.54) is 17.2 Å². The minimum atomic E-state index is -4.59. The summed E-state index contributed by atoms with van der Waals surface area (Å²) in [7, 11) is 0. The number of fused-ring (bicyclic) bond motifs is 4. The summed E-state index contributed by atoms with van der Waals surface area (Å²) in [6.45, 7) is 6.46. The second-order valence-corrected chi connectivity index (χ2v) is 10.1. The summed E-state index contributed by atoms with van der Waals surface area (Å²) in [5.41, 5.74) is 0.405. The lowest BCUT2D eigenvalue weighted by atomic mass is 10.1. The number of nitrogens with one attached hydrogen (secondary N) is 2. The zero-order chi connectivity index (χ0) is 27.9. The number of amides is 3. The lowest BCUT2D eigenvalue weighted by molar-refractivity contribution is -0.149. The van der Waals surface area contributed by atoms with Gasteiger partial charge in [-0.15, -0.1) is 0 Å². The number of halogens is 3. The van der Waals surface area contributed by atoms with Crippen LogP contribution in [0.2, 0.25) is 0 Å². The smallest absolute Gasteiger partial charge is 0.408 e. The molecule has 3 atom stereocenters. The number of nitrogens with zero attached hydrogens (tertiary/aromatic N) is 4. The highest BCUT2D eigenvalue weighted by Crippen LogP contribution is 2.39. The van der Waals surface area contributed by atoms with Gasteiger partial charge in [-0.05, 0) is 51.5 Å². The van der Waals surface area contributed by atoms with Crippen LogP contribution in [0.15, 0.2) is 30.5 Å². The number of carbonyl (C=O) groups excluding carboxylic acids is 2. The Labute approximate surface area is 222 Å². The Balaban J connectivity index is 1.27. The maximum atomic E-state index is 13.4. The zero-order valence-corrected chi connectivity index (χ0v) is 21.6. The Morgan fingerprint density at radius 1 is 1.26 bits per heavy atom. The van der Waals surface area contributed by atoms with Gasteiger partial charge in [-0.25, -0.2) is 14.8 Å². The molecule has 2 bridgehead atoms. The molecule has 2 unspecified atom stereocenters. The van der Waals surface area contributed by atoms with Gasteiger partial charge in [0.15, 0.2) is 11.6 Å². The van der Waals surface area contributed by atoms with Crippen LogP contribution in [0.4, 0.5) is 35.3 Å². The lowest BCUT2D eigenvalue weighted by Gasteiger charge is -2.35. The van der Waals surface area contributed by atoms with Crippen LogP contribution in [0, 0.1) is 0 Å². The van der Waals surface area contributed by atoms with Crippen LogP contribution >= 0.6 is 0 Å². The molecule has 0 radical (unpaired) electrons. The highest BCUT2D eigenvalue weighted by molar-refractivity contribution is 6.05. The van der Waals surface area contributed by atoms with Crippen molar-refractivity contribution in [3.8, 4) is 5.75 Å². The number of pyridine rings is 2. The molecule has 39 heavy (non-hydrogen) atoms. The maximum absolute atomic E-state index is 13.4. The molecular weight excluding hydrogens is 521 g/mol. The van der Waals surface area contributed by atoms with Crippen molar-refractivity contribution in [3.05, 3.63) is 36.2 Å². The molecule has 2 aromatic heterocycles. The van der Waals surface area contributed by atoms with E-state index in [0.29, 0.717) is 37.6 Å². The first kappa shape index (κ1) is 26.9. The normalized spacial score (nSPS) is 22.3. The second-order valence-electron chi connectivity index (χ2n) is 10.1. The Hall–Kier alpha value is -3.65. The van der Waals surface area contributed by atoms with Crippen LogP contribution in [0.5, 0.6) is 5.75 Å². The van der Waals surface area contributed by atoms with Gasteiger partial charge in [0.05, 0.1) is 24.5 Å². The third-order valence-corrected chi connectivity index (χ3v) is 6.72. The van der Waals surface area contributed by atoms with Gasteiger partial charge in [-0.1, -0.05) is 0 Å². The molecule has 3 aliphatic heterocycles. The van der Waals surface area contributed by atoms with Crippen molar-refractivity contribution in [2.75, 3.05) is 41.4 Å². The highest BCUT2D eigenvalue weighted by Gasteiger charge is 2.41. The monoisotopic (exact) mass is 550 g/mol. The van der Waals surface area contributed by atoms with E-state index >= 15 is 0 Å². The Morgan fingerprint density at radius 3 is 2.72 bits per heavy atom. The summed E-state index contributed by atoms with van der Waals surface area (Å²) in [6, 6.07) is 3.41. The van der Waals surface area contributed by atoms with E-state index in [9.17, 15) is 22.8 Å². The van der Waals surface area contributed by atoms with Crippen LogP contribution in [0.3, 0.4) is 0 Å². The third kappa shape index (κ3) is 5.86. The Kier molecular flexibility index (Phi) is 7.01. The van der Waals surface area contributed by atoms with Crippen LogP contribution in [0.25, 0.3) is 0 Å². The van der Waals surface area contributed by atoms with E-state index in [1.807, 2.05) is 24.1 Å². The van der Waals surface area contributed by atoms with Crippen molar-refractivity contribution < 1.29 is 37.0 Å². The molecular formula is C25H29F3N6O5. The summed E-state index contributed by atoms with van der Waals surface area (Å²) in [4.78, 5) is 37.9. The van der Waals surface area contributed by atoms with Crippen LogP contribution in [-0.4, -0.2) is 78.4 Å². The van der Waals surface area contributed by atoms with E-state index in [4.69, 9.17) is 14.2 Å². The van der Waals surface area contributed by atoms with Crippen molar-refractivity contribution in [1.29, 1.82) is 0 Å². The summed E-state index contributed by atoms with van der Waals surface area (Å²) in [5, 5.41) is 4.65. The maximum Gasteiger partial charge on any atom is 0.408 e. The molecule has 0 aromatic carbocycles. The molecule has 3 amide bonds. The van der Waals surface area contributed by atoms with Gasteiger partial charge in [0.1, 0.15) is 36.0 Å². The number of hydrogen-bond acceptors (Lipinski definition) is 8. The van der Waals surface area contributed by atoms with Crippen molar-refractivity contribution in [3.63, 3.8) is 0 Å². The van der Waals surface area contributed by atoms with Crippen molar-refractivity contribution in [2.45, 2.75) is 57.3 Å². The molecule has 5 rings (SSSR count). The van der Waals surface area contributed by atoms with Gasteiger partial charge >= 0.3 is 12.2 Å². The summed E-state index contributed by atoms with van der Waals surface area (Å²) in [5.74, 6) is -0.670. The van der Waals surface area contributed by atoms with Gasteiger partial charge in [-0.2, -0.15) is 13.2 Å². The Bertz CT molecular complexity index is 1240. The Morgan fingerprint density at radius 2 is 2.05 bits per heavy atom. The molecule has 210 valence electrons. The lowest BCUT2D eigenvalue weighted by Crippen LogP contribution is -2.49. The van der Waals surface area contributed by atoms with Crippen LogP contribution in [-0.2, 0) is 9.47 Å². The van der Waals surface area contributed by atoms with Gasteiger partial charge in [0.25, 0.3) is 5.91 Å². The number of carbonyl (C=O) groups is 2. The fourth-order valence-electron chi connectivity index (χ4n) is 4.69. The topological polar surface area (TPSA) is 118 Å². The number of aromatic nitrogens is 2. The van der Waals surface area contributed by atoms with E-state index < -0.39 is 29.9 Å². The predicted molar refractivity (Wildman–Crippen MR) is 134 cm³/mol. The number of hydrogen-bond donors (Lipinski definition) is 2. The van der Waals surface area contributed by atoms with E-state index in [0.717, 1.165) is 6.92 Å². The molecule has 2 saturated heterocycles. The van der Waals surface area contributed by atoms with E-state index in [-0.39, 0.29) is 36.1 Å². The molecule has 2 fully saturated rings. The molecule has 11 nitrogen and oxygen atoms in total. The number of ether oxygens (including phenoxy) is 3. The molecule has 5 heterocycles. The summed E-state index contributed by atoms with van der Waals surface area (Å²) >= 11 is 0. The first-order chi connectivity index (χ1) is 18.4. The number of alkyl halides is 3. The minimum absolute atomic E-state index is 0.204. The zero-order valence-electron chi connectivity index (χ0n) is 21.6. The average Bonchev–Trinajstić information content (AvgIpc) is 3.45. The first-order valence-corrected chi connectivity index (χ1v) is 12.5. The fraction of sp³-hybridized carbons (Fsp3) is 0.520. The van der Waals surface area contributed by atoms with Gasteiger partial charge in [0, 0.05) is 13.1 Å². The minimum Gasteiger partial charge on any atom is -0.489 e. The fourth-order valence-corrected chi connectivity index (χ4v) is 4.69. The number of anilines is 3. The highest BCUT2D eigenvalue weighted by atomic mass is 19.4. The van der Waals surface area contributed by atoms with Crippen LogP contribution in [0.1, 0.15) is 37.7 Å². The molecule has 2 N–H and O–H groups in total. The standard InChI is InChI=1S/C25H29F3N6O5/c1-14(25(26,27)28)30-22(35)18-5-6-19-21(31-18)34(15-8-9-33(19)11-15)23(36)32-20-7-4-16(10-29-20)37-12-17-13-38-24(2,3)39-17/h4-7,10,14-15,17H,8-9,11-13H2,1-3H3,(H,30,35)(H,29,32,36)/t14?,15-,17?/m0/s1. The number of rotatable bonds is 6. The van der Waals surface area contributed by atoms with Crippen LogP contribution < -0.4 is 25.2 Å². The van der Waals surface area contributed by atoms with Crippen molar-refractivity contribution >= 4 is 29.3 Å². The van der Waals surface area contributed by atoms with E-state index in [1.54, 1.807) is 18.2 Å². The third-order valence-electron chi connectivity index (χ3n) is 6.72. The molecule has 14 heteroatoms. The average molecular weight is 551 g/mol. The van der Waals surface area contributed by atoms with Gasteiger partial charge < -0.3 is 24.4 Å². The quantitative estimate of drug-likeness (QED) is 0.563. The van der Waals surface area contributed by atoms with Gasteiger partial charge in [-0.3, -0.25) is 15.0 Å². The molecule has 0 aliphatic carbocycles. The predicted octanol–water partition coefficient (Wildman–Crippen LogP) is 3.32. The largest absolute Gasteiger partial charge is 0.489 e. The first-order valence-electron chi connectivity index (χ1n) is 12.5. The summed E-state index contributed by atoms with van der Waals surface area (Å²) < 4.78 is 55.7. The van der Waals surface area contributed by atoms with Crippen molar-refractivity contribution in [1.82, 2.24) is 15.3 Å². The molecule has 0 saturated carbocycles. The van der Waals surface area contributed by atoms with E-state index in [2.05, 4.69) is 15.3 Å². The molecule has 2 aromatic rings. The number of urea groups is 1. The van der Waals surface area contributed by atoms with Crippen molar-refractivity contribution in [2.24, 2.45) is 0 Å². The summed E-state index contributed by atoms with van der Waals surface area (Å²) in [6.07, 6.45) is -2.66. The molecule has 0 spiro atoms. The SMILES string of the molecule is CC(NC(=O)c1ccc2c(n1)N(C(=O)Nc1ccc(OCC3COC(C)(C)O3)cn1)[C@H]1CCN2C1)C(F)(F)F. The van der Waals surface area contributed by atoms with Gasteiger partial charge in [0.2, 0.25) is 0 Å². The second kappa shape index (κ2) is 10.2. The molecule has 3 aliphatic rings.